The maximum atomic E-state index is 14.1. The van der Waals surface area contributed by atoms with Crippen LogP contribution in [0.5, 0.6) is 0 Å². The maximum Gasteiger partial charge on any atom is 0.410 e. The molecule has 4 aromatic heterocycles. The largest absolute Gasteiger partial charge is 0.446 e. The number of anilines is 3. The minimum Gasteiger partial charge on any atom is -0.446 e. The van der Waals surface area contributed by atoms with Crippen molar-refractivity contribution in [3.05, 3.63) is 74.8 Å². The number of benzene rings is 1. The molecule has 6 aliphatic rings. The van der Waals surface area contributed by atoms with Gasteiger partial charge in [-0.25, -0.2) is 29.4 Å². The number of rotatable bonds is 11. The second-order valence-electron chi connectivity index (χ2n) is 22.8. The van der Waals surface area contributed by atoms with Gasteiger partial charge in [-0.3, -0.25) is 14.4 Å². The number of H-pyrrole nitrogens is 1. The predicted octanol–water partition coefficient (Wildman–Crippen LogP) is 6.66. The van der Waals surface area contributed by atoms with Crippen molar-refractivity contribution in [3.63, 3.8) is 0 Å². The average molecular weight is 1020 g/mol. The minimum absolute atomic E-state index is 0.0191. The van der Waals surface area contributed by atoms with Crippen LogP contribution < -0.4 is 21.5 Å². The van der Waals surface area contributed by atoms with Gasteiger partial charge in [0.15, 0.2) is 11.6 Å². The Labute approximate surface area is 438 Å². The zero-order valence-electron chi connectivity index (χ0n) is 44.2. The molecule has 0 spiro atoms. The first-order chi connectivity index (χ1) is 36.2. The SMILES string of the molecule is CCCc1cc2cc(-n3nc(C)c4c3CC(C)(C)CC4=O)cc(NC3CCC(OC(=O)N4CCC(CN5CCC(C(=O)N6CCc7c(nc(-c8cnc(N)nc8)nc7N7CCOCC7)C6)CC5)CC4)CC3)c2c(=O)[nH]1. The number of amides is 2. The van der Waals surface area contributed by atoms with Crippen molar-refractivity contribution < 1.29 is 23.9 Å². The van der Waals surface area contributed by atoms with Crippen molar-refractivity contribution in [2.45, 2.75) is 130 Å². The lowest BCUT2D eigenvalue weighted by atomic mass is 9.75. The van der Waals surface area contributed by atoms with Gasteiger partial charge < -0.3 is 45.1 Å². The molecule has 19 nitrogen and oxygen atoms in total. The second-order valence-corrected chi connectivity index (χ2v) is 22.8. The van der Waals surface area contributed by atoms with E-state index in [1.165, 1.54) is 0 Å². The summed E-state index contributed by atoms with van der Waals surface area (Å²) in [5.74, 6) is 2.44. The number of likely N-dealkylation sites (tertiary alicyclic amines) is 2. The van der Waals surface area contributed by atoms with Gasteiger partial charge in [0.1, 0.15) is 11.9 Å². The molecule has 4 fully saturated rings. The van der Waals surface area contributed by atoms with Crippen LogP contribution in [0, 0.1) is 24.2 Å². The smallest absolute Gasteiger partial charge is 0.410 e. The standard InChI is InChI=1S/C56H73N13O6/c1-5-6-40-25-37-26-41(69-46-28-56(3,4)29-47(70)48(46)34(2)64-69)27-44(49(37)52(71)61-40)60-39-7-9-42(10-8-39)75-55(73)67-18-11-35(12-19-67)32-65-16-13-36(14-17-65)53(72)68-20-15-43-45(33-68)62-50(38-30-58-54(57)59-31-38)63-51(43)66-21-23-74-24-22-66/h25-27,30-31,35-36,39,42,60H,5-24,28-29,32-33H2,1-4H3,(H,61,71)(H2,57,58,59). The van der Waals surface area contributed by atoms with E-state index in [0.29, 0.717) is 74.9 Å². The summed E-state index contributed by atoms with van der Waals surface area (Å²) in [4.78, 5) is 84.8. The molecule has 3 saturated heterocycles. The van der Waals surface area contributed by atoms with E-state index < -0.39 is 0 Å². The lowest BCUT2D eigenvalue weighted by molar-refractivity contribution is -0.138. The van der Waals surface area contributed by atoms with E-state index >= 15 is 0 Å². The van der Waals surface area contributed by atoms with E-state index in [1.54, 1.807) is 12.4 Å². The fourth-order valence-corrected chi connectivity index (χ4v) is 12.7. The summed E-state index contributed by atoms with van der Waals surface area (Å²) in [5, 5.41) is 10.1. The number of pyridine rings is 1. The Kier molecular flexibility index (Phi) is 14.4. The summed E-state index contributed by atoms with van der Waals surface area (Å²) in [6.07, 6.45) is 13.1. The highest BCUT2D eigenvalue weighted by Crippen LogP contribution is 2.39. The second kappa shape index (κ2) is 21.3. The molecule has 2 aliphatic carbocycles. The van der Waals surface area contributed by atoms with Crippen molar-refractivity contribution in [1.29, 1.82) is 0 Å². The van der Waals surface area contributed by atoms with Gasteiger partial charge in [-0.05, 0) is 126 Å². The van der Waals surface area contributed by atoms with Crippen molar-refractivity contribution >= 4 is 46.0 Å². The maximum absolute atomic E-state index is 14.1. The third-order valence-electron chi connectivity index (χ3n) is 16.7. The number of ketones is 1. The Morgan fingerprint density at radius 2 is 1.64 bits per heavy atom. The Bertz CT molecular complexity index is 3000. The van der Waals surface area contributed by atoms with Gasteiger partial charge in [0.05, 0.1) is 59.0 Å². The number of ether oxygens (including phenoxy) is 2. The van der Waals surface area contributed by atoms with E-state index in [1.807, 2.05) is 33.5 Å². The predicted molar refractivity (Wildman–Crippen MR) is 286 cm³/mol. The molecule has 1 saturated carbocycles. The Morgan fingerprint density at radius 3 is 2.37 bits per heavy atom. The molecule has 1 aromatic carbocycles. The van der Waals surface area contributed by atoms with E-state index in [0.717, 1.165) is 160 Å². The van der Waals surface area contributed by atoms with Gasteiger partial charge in [0, 0.05) is 87.0 Å². The number of hydrogen-bond donors (Lipinski definition) is 3. The molecule has 8 heterocycles. The molecule has 0 unspecified atom stereocenters. The number of fused-ring (bicyclic) bond motifs is 3. The Hall–Kier alpha value is -6.47. The minimum atomic E-state index is -0.226. The molecule has 11 rings (SSSR count). The van der Waals surface area contributed by atoms with Crippen molar-refractivity contribution in [3.8, 4) is 17.1 Å². The monoisotopic (exact) mass is 1020 g/mol. The van der Waals surface area contributed by atoms with Crippen LogP contribution in [0.15, 0.2) is 35.4 Å². The summed E-state index contributed by atoms with van der Waals surface area (Å²) >= 11 is 0. The molecule has 0 bridgehead atoms. The average Bonchev–Trinajstić information content (AvgIpc) is 3.74. The summed E-state index contributed by atoms with van der Waals surface area (Å²) in [6, 6.07) is 6.20. The number of nitrogens with zero attached hydrogens (tertiary/aromatic N) is 10. The molecule has 5 aromatic rings. The van der Waals surface area contributed by atoms with E-state index in [9.17, 15) is 19.2 Å². The first kappa shape index (κ1) is 50.7. The van der Waals surface area contributed by atoms with Gasteiger partial charge in [-0.1, -0.05) is 27.2 Å². The molecular weight excluding hydrogens is 951 g/mol. The number of nitrogens with one attached hydrogen (secondary N) is 2. The number of aromatic nitrogens is 7. The van der Waals surface area contributed by atoms with Gasteiger partial charge in [-0.2, -0.15) is 5.10 Å². The Balaban J connectivity index is 0.653. The van der Waals surface area contributed by atoms with Crippen LogP contribution in [0.25, 0.3) is 27.8 Å². The number of carbonyl (C=O) groups excluding carboxylic acids is 3. The molecule has 75 heavy (non-hydrogen) atoms. The molecule has 2 amide bonds. The van der Waals surface area contributed by atoms with Crippen molar-refractivity contribution in [1.82, 2.24) is 49.4 Å². The number of nitrogens with two attached hydrogens (primary N) is 1. The number of Topliss-reactive ketones (excluding diaryl/α,β-unsaturated/α-hetero) is 1. The molecular formula is C56H73N13O6. The first-order valence-corrected chi connectivity index (χ1v) is 27.6. The van der Waals surface area contributed by atoms with Crippen LogP contribution in [-0.2, 0) is 40.1 Å². The normalized spacial score (nSPS) is 21.8. The summed E-state index contributed by atoms with van der Waals surface area (Å²) in [5.41, 5.74) is 13.0. The molecule has 19 heteroatoms. The first-order valence-electron chi connectivity index (χ1n) is 27.6. The van der Waals surface area contributed by atoms with Crippen LogP contribution in [0.3, 0.4) is 0 Å². The number of carbonyl (C=O) groups is 3. The van der Waals surface area contributed by atoms with Crippen molar-refractivity contribution in [2.75, 3.05) is 81.5 Å². The van der Waals surface area contributed by atoms with Gasteiger partial charge in [0.2, 0.25) is 11.9 Å². The fourth-order valence-electron chi connectivity index (χ4n) is 12.7. The van der Waals surface area contributed by atoms with Crippen LogP contribution in [0.2, 0.25) is 0 Å². The zero-order chi connectivity index (χ0) is 52.0. The quantitative estimate of drug-likeness (QED) is 0.126. The number of nitrogen functional groups attached to an aromatic ring is 1. The number of aromatic amines is 1. The van der Waals surface area contributed by atoms with E-state index in [-0.39, 0.29) is 52.8 Å². The highest BCUT2D eigenvalue weighted by atomic mass is 16.6. The van der Waals surface area contributed by atoms with Crippen molar-refractivity contribution in [2.24, 2.45) is 17.3 Å². The van der Waals surface area contributed by atoms with Crippen LogP contribution in [0.1, 0.15) is 124 Å². The zero-order valence-corrected chi connectivity index (χ0v) is 44.2. The van der Waals surface area contributed by atoms with E-state index in [4.69, 9.17) is 30.3 Å². The van der Waals surface area contributed by atoms with Gasteiger partial charge >= 0.3 is 6.09 Å². The third kappa shape index (κ3) is 10.8. The molecule has 398 valence electrons. The topological polar surface area (TPSA) is 223 Å². The summed E-state index contributed by atoms with van der Waals surface area (Å²) in [6.45, 7) is 16.2. The lowest BCUT2D eigenvalue weighted by Crippen LogP contribution is -2.47. The number of piperidine rings is 2. The van der Waals surface area contributed by atoms with E-state index in [2.05, 4.69) is 56.9 Å². The molecule has 0 atom stereocenters. The summed E-state index contributed by atoms with van der Waals surface area (Å²) in [7, 11) is 0. The van der Waals surface area contributed by atoms with Crippen LogP contribution >= 0.6 is 0 Å². The Morgan fingerprint density at radius 1 is 0.893 bits per heavy atom. The number of morpholine rings is 1. The lowest BCUT2D eigenvalue weighted by Gasteiger charge is -2.39. The summed E-state index contributed by atoms with van der Waals surface area (Å²) < 4.78 is 13.7. The number of aryl methyl sites for hydroxylation is 2. The van der Waals surface area contributed by atoms with Crippen LogP contribution in [0.4, 0.5) is 22.2 Å². The van der Waals surface area contributed by atoms with Crippen LogP contribution in [-0.4, -0.2) is 145 Å². The highest BCUT2D eigenvalue weighted by molar-refractivity contribution is 6.00. The van der Waals surface area contributed by atoms with Gasteiger partial charge in [0.25, 0.3) is 5.56 Å². The number of hydrogen-bond acceptors (Lipinski definition) is 15. The third-order valence-corrected chi connectivity index (χ3v) is 16.7. The highest BCUT2D eigenvalue weighted by Gasteiger charge is 2.38. The molecule has 0 radical (unpaired) electrons. The molecule has 4 N–H and O–H groups in total. The van der Waals surface area contributed by atoms with Gasteiger partial charge in [-0.15, -0.1) is 0 Å². The molecule has 4 aliphatic heterocycles. The fraction of sp³-hybridized carbons (Fsp3) is 0.589.